The molecule has 2 rings (SSSR count). The Balaban J connectivity index is 2.16. The van der Waals surface area contributed by atoms with Crippen LogP contribution < -0.4 is 16.4 Å². The fraction of sp³-hybridized carbons (Fsp3) is 0.143. The van der Waals surface area contributed by atoms with Gasteiger partial charge in [-0.2, -0.15) is 0 Å². The zero-order valence-electron chi connectivity index (χ0n) is 11.2. The molecule has 1 aromatic carbocycles. The van der Waals surface area contributed by atoms with Gasteiger partial charge in [0.15, 0.2) is 0 Å². The van der Waals surface area contributed by atoms with Gasteiger partial charge in [-0.15, -0.1) is 11.3 Å². The van der Waals surface area contributed by atoms with Crippen LogP contribution in [0.1, 0.15) is 21.3 Å². The highest BCUT2D eigenvalue weighted by atomic mass is 35.5. The quantitative estimate of drug-likeness (QED) is 0.807. The fourth-order valence-corrected chi connectivity index (χ4v) is 2.66. The summed E-state index contributed by atoms with van der Waals surface area (Å²) in [7, 11) is 1.51. The van der Waals surface area contributed by atoms with Gasteiger partial charge in [-0.3, -0.25) is 9.59 Å². The molecule has 0 radical (unpaired) electrons. The number of thiophene rings is 1. The Hall–Kier alpha value is -1.89. The molecule has 0 saturated carbocycles. The summed E-state index contributed by atoms with van der Waals surface area (Å²) in [6.45, 7) is 0. The SMILES string of the molecule is CNC(=O)c1cc(NC(=O)C(N)c2cccs2)ccc1Cl. The predicted octanol–water partition coefficient (Wildman–Crippen LogP) is 2.40. The summed E-state index contributed by atoms with van der Waals surface area (Å²) in [6.07, 6.45) is 0. The maximum atomic E-state index is 12.1. The minimum absolute atomic E-state index is 0.293. The highest BCUT2D eigenvalue weighted by molar-refractivity contribution is 7.10. The Morgan fingerprint density at radius 3 is 2.71 bits per heavy atom. The van der Waals surface area contributed by atoms with Crippen LogP contribution in [0.5, 0.6) is 0 Å². The molecule has 1 unspecified atom stereocenters. The second-order valence-corrected chi connectivity index (χ2v) is 5.64. The highest BCUT2D eigenvalue weighted by Crippen LogP contribution is 2.22. The van der Waals surface area contributed by atoms with Crippen LogP contribution in [0.2, 0.25) is 5.02 Å². The Morgan fingerprint density at radius 1 is 1.33 bits per heavy atom. The Morgan fingerprint density at radius 2 is 2.10 bits per heavy atom. The number of rotatable bonds is 4. The average molecular weight is 324 g/mol. The van der Waals surface area contributed by atoms with Crippen LogP contribution >= 0.6 is 22.9 Å². The predicted molar refractivity (Wildman–Crippen MR) is 84.7 cm³/mol. The minimum atomic E-state index is -0.746. The molecule has 0 saturated heterocycles. The lowest BCUT2D eigenvalue weighted by Crippen LogP contribution is -2.27. The van der Waals surface area contributed by atoms with Crippen molar-refractivity contribution in [1.82, 2.24) is 5.32 Å². The lowest BCUT2D eigenvalue weighted by Gasteiger charge is -2.12. The van der Waals surface area contributed by atoms with E-state index in [-0.39, 0.29) is 11.8 Å². The zero-order chi connectivity index (χ0) is 15.4. The van der Waals surface area contributed by atoms with Crippen molar-refractivity contribution in [3.05, 3.63) is 51.2 Å². The molecular formula is C14H14ClN3O2S. The Kier molecular flexibility index (Phi) is 4.95. The van der Waals surface area contributed by atoms with E-state index in [2.05, 4.69) is 10.6 Å². The number of carbonyl (C=O) groups excluding carboxylic acids is 2. The van der Waals surface area contributed by atoms with Crippen molar-refractivity contribution in [2.45, 2.75) is 6.04 Å². The largest absolute Gasteiger partial charge is 0.355 e. The van der Waals surface area contributed by atoms with Gasteiger partial charge in [-0.05, 0) is 29.6 Å². The molecular weight excluding hydrogens is 310 g/mol. The maximum Gasteiger partial charge on any atom is 0.252 e. The van der Waals surface area contributed by atoms with Crippen LogP contribution in [0.25, 0.3) is 0 Å². The fourth-order valence-electron chi connectivity index (χ4n) is 1.73. The van der Waals surface area contributed by atoms with Crippen LogP contribution in [0.3, 0.4) is 0 Å². The van der Waals surface area contributed by atoms with Gasteiger partial charge in [-0.25, -0.2) is 0 Å². The number of benzene rings is 1. The second kappa shape index (κ2) is 6.71. The van der Waals surface area contributed by atoms with Gasteiger partial charge in [0.2, 0.25) is 5.91 Å². The van der Waals surface area contributed by atoms with E-state index < -0.39 is 6.04 Å². The average Bonchev–Trinajstić information content (AvgIpc) is 3.01. The Bertz CT molecular complexity index is 658. The van der Waals surface area contributed by atoms with Gasteiger partial charge in [0.1, 0.15) is 6.04 Å². The van der Waals surface area contributed by atoms with Gasteiger partial charge in [-0.1, -0.05) is 17.7 Å². The monoisotopic (exact) mass is 323 g/mol. The number of anilines is 1. The third-order valence-electron chi connectivity index (χ3n) is 2.84. The topological polar surface area (TPSA) is 84.2 Å². The van der Waals surface area contributed by atoms with Crippen molar-refractivity contribution in [2.75, 3.05) is 12.4 Å². The van der Waals surface area contributed by atoms with E-state index >= 15 is 0 Å². The highest BCUT2D eigenvalue weighted by Gasteiger charge is 2.18. The molecule has 5 nitrogen and oxygen atoms in total. The lowest BCUT2D eigenvalue weighted by atomic mass is 10.1. The molecule has 110 valence electrons. The molecule has 0 spiro atoms. The molecule has 0 aliphatic rings. The van der Waals surface area contributed by atoms with Crippen molar-refractivity contribution in [2.24, 2.45) is 5.73 Å². The molecule has 1 atom stereocenters. The van der Waals surface area contributed by atoms with E-state index in [1.54, 1.807) is 18.2 Å². The second-order valence-electron chi connectivity index (χ2n) is 4.26. The number of carbonyl (C=O) groups is 2. The third kappa shape index (κ3) is 3.60. The first-order valence-corrected chi connectivity index (χ1v) is 7.40. The smallest absolute Gasteiger partial charge is 0.252 e. The van der Waals surface area contributed by atoms with Crippen LogP contribution in [-0.2, 0) is 4.79 Å². The number of hydrogen-bond acceptors (Lipinski definition) is 4. The van der Waals surface area contributed by atoms with Crippen molar-refractivity contribution in [3.63, 3.8) is 0 Å². The van der Waals surface area contributed by atoms with Gasteiger partial charge in [0.25, 0.3) is 5.91 Å². The van der Waals surface area contributed by atoms with Crippen molar-refractivity contribution in [1.29, 1.82) is 0 Å². The summed E-state index contributed by atoms with van der Waals surface area (Å²) in [5.41, 5.74) is 6.64. The van der Waals surface area contributed by atoms with E-state index in [9.17, 15) is 9.59 Å². The third-order valence-corrected chi connectivity index (χ3v) is 4.12. The van der Waals surface area contributed by atoms with E-state index in [1.807, 2.05) is 11.4 Å². The first kappa shape index (κ1) is 15.5. The van der Waals surface area contributed by atoms with Gasteiger partial charge >= 0.3 is 0 Å². The lowest BCUT2D eigenvalue weighted by molar-refractivity contribution is -0.117. The summed E-state index contributed by atoms with van der Waals surface area (Å²) in [6, 6.07) is 7.57. The van der Waals surface area contributed by atoms with Crippen molar-refractivity contribution >= 4 is 40.4 Å². The van der Waals surface area contributed by atoms with E-state index in [4.69, 9.17) is 17.3 Å². The first-order valence-electron chi connectivity index (χ1n) is 6.14. The molecule has 1 aromatic heterocycles. The summed E-state index contributed by atoms with van der Waals surface area (Å²) < 4.78 is 0. The van der Waals surface area contributed by atoms with Crippen LogP contribution in [-0.4, -0.2) is 18.9 Å². The maximum absolute atomic E-state index is 12.1. The molecule has 7 heteroatoms. The summed E-state index contributed by atoms with van der Waals surface area (Å²) >= 11 is 7.37. The number of nitrogens with one attached hydrogen (secondary N) is 2. The molecule has 2 amide bonds. The first-order chi connectivity index (χ1) is 10.0. The Labute approximate surface area is 131 Å². The number of amides is 2. The molecule has 0 aliphatic heterocycles. The summed E-state index contributed by atoms with van der Waals surface area (Å²) in [5.74, 6) is -0.665. The van der Waals surface area contributed by atoms with Crippen LogP contribution in [0, 0.1) is 0 Å². The number of halogens is 1. The molecule has 0 fully saturated rings. The van der Waals surface area contributed by atoms with Gasteiger partial charge in [0, 0.05) is 17.6 Å². The molecule has 2 aromatic rings. The van der Waals surface area contributed by atoms with Crippen molar-refractivity contribution in [3.8, 4) is 0 Å². The number of nitrogens with two attached hydrogens (primary N) is 1. The van der Waals surface area contributed by atoms with Crippen LogP contribution in [0.4, 0.5) is 5.69 Å². The van der Waals surface area contributed by atoms with E-state index in [1.165, 1.54) is 24.5 Å². The number of hydrogen-bond donors (Lipinski definition) is 3. The molecule has 4 N–H and O–H groups in total. The molecule has 21 heavy (non-hydrogen) atoms. The molecule has 1 heterocycles. The summed E-state index contributed by atoms with van der Waals surface area (Å²) in [5, 5.41) is 7.34. The van der Waals surface area contributed by atoms with E-state index in [0.717, 1.165) is 4.88 Å². The van der Waals surface area contributed by atoms with E-state index in [0.29, 0.717) is 16.3 Å². The van der Waals surface area contributed by atoms with Crippen LogP contribution in [0.15, 0.2) is 35.7 Å². The minimum Gasteiger partial charge on any atom is -0.355 e. The zero-order valence-corrected chi connectivity index (χ0v) is 12.8. The normalized spacial score (nSPS) is 11.8. The molecule has 0 aliphatic carbocycles. The summed E-state index contributed by atoms with van der Waals surface area (Å²) in [4.78, 5) is 24.5. The molecule has 0 bridgehead atoms. The van der Waals surface area contributed by atoms with Gasteiger partial charge in [0.05, 0.1) is 10.6 Å². The standard InChI is InChI=1S/C14H14ClN3O2S/c1-17-13(19)9-7-8(4-5-10(9)15)18-14(20)12(16)11-3-2-6-21-11/h2-7,12H,16H2,1H3,(H,17,19)(H,18,20). The van der Waals surface area contributed by atoms with Crippen molar-refractivity contribution < 1.29 is 9.59 Å². The van der Waals surface area contributed by atoms with Gasteiger partial charge < -0.3 is 16.4 Å².